The van der Waals surface area contributed by atoms with Crippen molar-refractivity contribution in [1.29, 1.82) is 0 Å². The number of hydrogen-bond donors (Lipinski definition) is 1. The maximum atomic E-state index is 12.7. The molecule has 10 heteroatoms. The van der Waals surface area contributed by atoms with E-state index in [0.29, 0.717) is 13.0 Å². The summed E-state index contributed by atoms with van der Waals surface area (Å²) < 4.78 is 74.7. The van der Waals surface area contributed by atoms with E-state index in [1.807, 2.05) is 0 Å². The fourth-order valence-electron chi connectivity index (χ4n) is 2.43. The summed E-state index contributed by atoms with van der Waals surface area (Å²) >= 11 is 0. The Labute approximate surface area is 143 Å². The molecule has 1 saturated heterocycles. The first-order valence-corrected chi connectivity index (χ1v) is 9.01. The molecule has 25 heavy (non-hydrogen) atoms. The lowest BCUT2D eigenvalue weighted by molar-refractivity contribution is -0.141. The van der Waals surface area contributed by atoms with Crippen LogP contribution in [0.4, 0.5) is 13.2 Å². The number of halogens is 3. The van der Waals surface area contributed by atoms with E-state index in [4.69, 9.17) is 4.74 Å². The number of carbonyl (C=O) groups is 1. The minimum Gasteiger partial charge on any atom is -0.469 e. The summed E-state index contributed by atoms with van der Waals surface area (Å²) in [5, 5.41) is -0.762. The van der Waals surface area contributed by atoms with Gasteiger partial charge in [-0.3, -0.25) is 4.79 Å². The van der Waals surface area contributed by atoms with E-state index in [1.165, 1.54) is 0 Å². The molecule has 1 N–H and O–H groups in total. The van der Waals surface area contributed by atoms with Crippen molar-refractivity contribution in [1.82, 2.24) is 4.72 Å². The van der Waals surface area contributed by atoms with E-state index in [-0.39, 0.29) is 18.6 Å². The molecule has 2 unspecified atom stereocenters. The van der Waals surface area contributed by atoms with Gasteiger partial charge >= 0.3 is 12.1 Å². The minimum absolute atomic E-state index is 0.0350. The molecule has 0 amide bonds. The van der Waals surface area contributed by atoms with E-state index < -0.39 is 39.0 Å². The number of alkyl halides is 3. The topological polar surface area (TPSA) is 81.7 Å². The monoisotopic (exact) mass is 381 g/mol. The van der Waals surface area contributed by atoms with Crippen LogP contribution in [0.15, 0.2) is 24.3 Å². The van der Waals surface area contributed by atoms with Crippen LogP contribution < -0.4 is 4.72 Å². The van der Waals surface area contributed by atoms with Gasteiger partial charge in [0.25, 0.3) is 0 Å². The standard InChI is InChI=1S/C15H18F3NO5S/c1-23-14(20)8-13(19-25(21,22)12-6-7-24-9-12)10-2-4-11(5-3-10)15(16,17)18/h2-5,12-13,19H,6-9H2,1H3. The highest BCUT2D eigenvalue weighted by Gasteiger charge is 2.34. The molecule has 2 rings (SSSR count). The second-order valence-corrected chi connectivity index (χ2v) is 7.59. The smallest absolute Gasteiger partial charge is 0.416 e. The average molecular weight is 381 g/mol. The number of esters is 1. The van der Waals surface area contributed by atoms with Gasteiger partial charge in [-0.25, -0.2) is 13.1 Å². The zero-order valence-electron chi connectivity index (χ0n) is 13.4. The zero-order chi connectivity index (χ0) is 18.7. The van der Waals surface area contributed by atoms with Crippen LogP contribution in [0.3, 0.4) is 0 Å². The molecule has 0 bridgehead atoms. The van der Waals surface area contributed by atoms with Crippen molar-refractivity contribution in [2.75, 3.05) is 20.3 Å². The normalized spacial score (nSPS) is 19.6. The van der Waals surface area contributed by atoms with Gasteiger partial charge < -0.3 is 9.47 Å². The first-order valence-electron chi connectivity index (χ1n) is 7.46. The third-order valence-electron chi connectivity index (χ3n) is 3.87. The maximum absolute atomic E-state index is 12.7. The number of carbonyl (C=O) groups excluding carboxylic acids is 1. The van der Waals surface area contributed by atoms with Crippen molar-refractivity contribution in [3.05, 3.63) is 35.4 Å². The second kappa shape index (κ2) is 7.71. The van der Waals surface area contributed by atoms with Crippen LogP contribution in [0.1, 0.15) is 30.0 Å². The van der Waals surface area contributed by atoms with Crippen LogP contribution in [0, 0.1) is 0 Å². The predicted octanol–water partition coefficient (Wildman–Crippen LogP) is 2.02. The fourth-order valence-corrected chi connectivity index (χ4v) is 3.92. The Hall–Kier alpha value is -1.65. The van der Waals surface area contributed by atoms with E-state index in [2.05, 4.69) is 9.46 Å². The molecule has 0 spiro atoms. The Morgan fingerprint density at radius 2 is 2.00 bits per heavy atom. The minimum atomic E-state index is -4.50. The Morgan fingerprint density at radius 3 is 2.48 bits per heavy atom. The van der Waals surface area contributed by atoms with Crippen molar-refractivity contribution in [3.8, 4) is 0 Å². The summed E-state index contributed by atoms with van der Waals surface area (Å²) in [7, 11) is -2.66. The van der Waals surface area contributed by atoms with Crippen molar-refractivity contribution in [2.45, 2.75) is 30.3 Å². The molecular formula is C15H18F3NO5S. The average Bonchev–Trinajstić information content (AvgIpc) is 3.08. The number of ether oxygens (including phenoxy) is 2. The summed E-state index contributed by atoms with van der Waals surface area (Å²) in [5.41, 5.74) is -0.624. The number of methoxy groups -OCH3 is 1. The lowest BCUT2D eigenvalue weighted by Gasteiger charge is -2.21. The number of hydrogen-bond acceptors (Lipinski definition) is 5. The van der Waals surface area contributed by atoms with E-state index in [1.54, 1.807) is 0 Å². The lowest BCUT2D eigenvalue weighted by Crippen LogP contribution is -2.38. The first-order chi connectivity index (χ1) is 11.6. The predicted molar refractivity (Wildman–Crippen MR) is 82.1 cm³/mol. The molecule has 0 saturated carbocycles. The van der Waals surface area contributed by atoms with Crippen molar-refractivity contribution < 1.29 is 35.9 Å². The number of benzene rings is 1. The quantitative estimate of drug-likeness (QED) is 0.763. The molecule has 6 nitrogen and oxygen atoms in total. The molecule has 0 aliphatic carbocycles. The van der Waals surface area contributed by atoms with Crippen molar-refractivity contribution in [2.24, 2.45) is 0 Å². The van der Waals surface area contributed by atoms with Gasteiger partial charge in [0.1, 0.15) is 5.25 Å². The Bertz CT molecular complexity index is 697. The molecule has 0 radical (unpaired) electrons. The number of sulfonamides is 1. The van der Waals surface area contributed by atoms with Crippen LogP contribution in [-0.4, -0.2) is 40.0 Å². The Balaban J connectivity index is 2.24. The molecule has 1 aromatic carbocycles. The van der Waals surface area contributed by atoms with Crippen LogP contribution in [0.25, 0.3) is 0 Å². The molecule has 140 valence electrons. The SMILES string of the molecule is COC(=O)CC(NS(=O)(=O)C1CCOC1)c1ccc(C(F)(F)F)cc1. The zero-order valence-corrected chi connectivity index (χ0v) is 14.2. The highest BCUT2D eigenvalue weighted by atomic mass is 32.2. The van der Waals surface area contributed by atoms with Gasteiger partial charge in [0.2, 0.25) is 10.0 Å². The van der Waals surface area contributed by atoms with Crippen LogP contribution in [0.2, 0.25) is 0 Å². The van der Waals surface area contributed by atoms with Gasteiger partial charge in [-0.05, 0) is 24.1 Å². The molecular weight excluding hydrogens is 363 g/mol. The Kier molecular flexibility index (Phi) is 6.07. The third kappa shape index (κ3) is 5.16. The summed E-state index contributed by atoms with van der Waals surface area (Å²) in [4.78, 5) is 11.6. The molecule has 1 heterocycles. The summed E-state index contributed by atoms with van der Waals surface area (Å²) in [6, 6.07) is 2.94. The van der Waals surface area contributed by atoms with Crippen molar-refractivity contribution >= 4 is 16.0 Å². The van der Waals surface area contributed by atoms with Gasteiger partial charge in [0.05, 0.1) is 31.7 Å². The Morgan fingerprint density at radius 1 is 1.36 bits per heavy atom. The van der Waals surface area contributed by atoms with E-state index in [9.17, 15) is 26.4 Å². The van der Waals surface area contributed by atoms with Crippen LogP contribution >= 0.6 is 0 Å². The van der Waals surface area contributed by atoms with Gasteiger partial charge in [0, 0.05) is 6.61 Å². The lowest BCUT2D eigenvalue weighted by atomic mass is 10.0. The fraction of sp³-hybridized carbons (Fsp3) is 0.533. The number of nitrogens with one attached hydrogen (secondary N) is 1. The van der Waals surface area contributed by atoms with E-state index in [0.717, 1.165) is 31.4 Å². The summed E-state index contributed by atoms with van der Waals surface area (Å²) in [6.07, 6.45) is -4.53. The number of rotatable bonds is 6. The van der Waals surface area contributed by atoms with Crippen LogP contribution in [0.5, 0.6) is 0 Å². The van der Waals surface area contributed by atoms with Gasteiger partial charge in [0.15, 0.2) is 0 Å². The van der Waals surface area contributed by atoms with Gasteiger partial charge in [-0.2, -0.15) is 13.2 Å². The van der Waals surface area contributed by atoms with E-state index >= 15 is 0 Å². The van der Waals surface area contributed by atoms with Crippen molar-refractivity contribution in [3.63, 3.8) is 0 Å². The largest absolute Gasteiger partial charge is 0.469 e. The second-order valence-electron chi connectivity index (χ2n) is 5.60. The molecule has 0 aromatic heterocycles. The summed E-state index contributed by atoms with van der Waals surface area (Å²) in [6.45, 7) is 0.348. The molecule has 1 aliphatic rings. The molecule has 1 aliphatic heterocycles. The first kappa shape index (κ1) is 19.7. The summed E-state index contributed by atoms with van der Waals surface area (Å²) in [5.74, 6) is -0.685. The highest BCUT2D eigenvalue weighted by Crippen LogP contribution is 2.30. The van der Waals surface area contributed by atoms with Gasteiger partial charge in [-0.1, -0.05) is 12.1 Å². The highest BCUT2D eigenvalue weighted by molar-refractivity contribution is 7.90. The molecule has 2 atom stereocenters. The molecule has 1 aromatic rings. The maximum Gasteiger partial charge on any atom is 0.416 e. The molecule has 1 fully saturated rings. The van der Waals surface area contributed by atoms with Crippen LogP contribution in [-0.2, 0) is 30.5 Å². The third-order valence-corrected chi connectivity index (χ3v) is 5.73. The van der Waals surface area contributed by atoms with Gasteiger partial charge in [-0.15, -0.1) is 0 Å².